The van der Waals surface area contributed by atoms with Crippen LogP contribution in [0.1, 0.15) is 49.9 Å². The molecule has 4 atom stereocenters. The van der Waals surface area contributed by atoms with Gasteiger partial charge in [0.15, 0.2) is 0 Å². The summed E-state index contributed by atoms with van der Waals surface area (Å²) < 4.78 is 2.63. The first-order valence-corrected chi connectivity index (χ1v) is 11.4. The van der Waals surface area contributed by atoms with Crippen LogP contribution < -0.4 is 5.32 Å². The quantitative estimate of drug-likeness (QED) is 0.820. The van der Waals surface area contributed by atoms with Crippen LogP contribution in [0.5, 0.6) is 0 Å². The van der Waals surface area contributed by atoms with Gasteiger partial charge >= 0.3 is 0 Å². The molecule has 1 aromatic heterocycles. The Labute approximate surface area is 168 Å². The van der Waals surface area contributed by atoms with Crippen LogP contribution in [0.15, 0.2) is 36.4 Å². The van der Waals surface area contributed by atoms with E-state index in [1.165, 1.54) is 68.6 Å². The lowest BCUT2D eigenvalue weighted by Crippen LogP contribution is -2.39. The molecule has 2 unspecified atom stereocenters. The summed E-state index contributed by atoms with van der Waals surface area (Å²) in [6, 6.07) is 9.38. The summed E-state index contributed by atoms with van der Waals surface area (Å²) in [5.74, 6) is 4.60. The summed E-state index contributed by atoms with van der Waals surface area (Å²) in [7, 11) is 0. The van der Waals surface area contributed by atoms with Crippen molar-refractivity contribution < 1.29 is 0 Å². The van der Waals surface area contributed by atoms with Crippen LogP contribution in [-0.2, 0) is 0 Å². The number of nitrogens with one attached hydrogen (secondary N) is 1. The minimum Gasteiger partial charge on any atom is -0.324 e. The molecule has 0 amide bonds. The number of allylic oxidation sites excluding steroid dienone is 2. The predicted molar refractivity (Wildman–Crippen MR) is 114 cm³/mol. The standard InChI is InChI=1S/C24H32N4/c1-2-4-23-22(3-1)26-24(19-7-10-25-15-19)28(23)21-8-11-27(12-9-21)16-20-14-17-5-6-18(20)13-17/h1-6,17-21,25H,7-16H2/t17?,18-,19-,20?/m1/s1. The van der Waals surface area contributed by atoms with E-state index in [1.807, 2.05) is 0 Å². The van der Waals surface area contributed by atoms with Crippen LogP contribution in [0.2, 0.25) is 0 Å². The van der Waals surface area contributed by atoms with Crippen molar-refractivity contribution in [3.05, 3.63) is 42.2 Å². The van der Waals surface area contributed by atoms with E-state index in [2.05, 4.69) is 51.2 Å². The number of piperidine rings is 1. The second-order valence-corrected chi connectivity index (χ2v) is 9.59. The molecule has 3 heterocycles. The molecule has 2 bridgehead atoms. The van der Waals surface area contributed by atoms with Crippen molar-refractivity contribution in [2.45, 2.75) is 44.1 Å². The molecule has 4 aliphatic rings. The molecule has 1 saturated carbocycles. The third-order valence-electron chi connectivity index (χ3n) is 7.88. The van der Waals surface area contributed by atoms with E-state index in [-0.39, 0.29) is 0 Å². The van der Waals surface area contributed by atoms with Gasteiger partial charge in [-0.05, 0) is 68.5 Å². The van der Waals surface area contributed by atoms with Gasteiger partial charge in [-0.2, -0.15) is 0 Å². The predicted octanol–water partition coefficient (Wildman–Crippen LogP) is 3.96. The molecule has 4 nitrogen and oxygen atoms in total. The molecular weight excluding hydrogens is 344 g/mol. The van der Waals surface area contributed by atoms with Gasteiger partial charge in [0, 0.05) is 38.1 Å². The highest BCUT2D eigenvalue weighted by Gasteiger charge is 2.37. The third-order valence-corrected chi connectivity index (χ3v) is 7.88. The average molecular weight is 377 g/mol. The van der Waals surface area contributed by atoms with Gasteiger partial charge in [0.2, 0.25) is 0 Å². The summed E-state index contributed by atoms with van der Waals surface area (Å²) in [5, 5.41) is 3.54. The highest BCUT2D eigenvalue weighted by Crippen LogP contribution is 2.44. The van der Waals surface area contributed by atoms with Crippen LogP contribution in [-0.4, -0.2) is 47.2 Å². The highest BCUT2D eigenvalue weighted by atomic mass is 15.2. The average Bonchev–Trinajstić information content (AvgIpc) is 3.51. The molecule has 2 aliphatic carbocycles. The Balaban J connectivity index is 1.20. The summed E-state index contributed by atoms with van der Waals surface area (Å²) in [5.41, 5.74) is 2.53. The number of likely N-dealkylation sites (tertiary alicyclic amines) is 1. The van der Waals surface area contributed by atoms with Gasteiger partial charge in [0.05, 0.1) is 11.0 Å². The highest BCUT2D eigenvalue weighted by molar-refractivity contribution is 5.76. The first-order valence-electron chi connectivity index (χ1n) is 11.4. The Morgan fingerprint density at radius 1 is 1.04 bits per heavy atom. The Morgan fingerprint density at radius 2 is 1.93 bits per heavy atom. The molecule has 1 aromatic carbocycles. The van der Waals surface area contributed by atoms with E-state index in [0.29, 0.717) is 12.0 Å². The van der Waals surface area contributed by atoms with Crippen molar-refractivity contribution in [2.24, 2.45) is 17.8 Å². The van der Waals surface area contributed by atoms with Crippen LogP contribution >= 0.6 is 0 Å². The Morgan fingerprint density at radius 3 is 2.68 bits per heavy atom. The first kappa shape index (κ1) is 17.2. The van der Waals surface area contributed by atoms with Gasteiger partial charge in [-0.25, -0.2) is 4.98 Å². The Kier molecular flexibility index (Phi) is 4.31. The molecule has 1 N–H and O–H groups in total. The molecule has 3 fully saturated rings. The van der Waals surface area contributed by atoms with Crippen molar-refractivity contribution in [1.82, 2.24) is 19.8 Å². The molecule has 4 heteroatoms. The molecule has 6 rings (SSSR count). The van der Waals surface area contributed by atoms with Crippen molar-refractivity contribution >= 4 is 11.0 Å². The Hall–Kier alpha value is -1.65. The molecule has 28 heavy (non-hydrogen) atoms. The maximum Gasteiger partial charge on any atom is 0.114 e. The SMILES string of the molecule is C1=C[C@@H]2CC1CC2CN1CCC(n2c([C@@H]3CCNC3)nc3ccccc32)CC1. The molecular formula is C24H32N4. The van der Waals surface area contributed by atoms with E-state index < -0.39 is 0 Å². The maximum atomic E-state index is 5.10. The smallest absolute Gasteiger partial charge is 0.114 e. The molecule has 2 aliphatic heterocycles. The number of para-hydroxylation sites is 2. The lowest BCUT2D eigenvalue weighted by atomic mass is 9.92. The topological polar surface area (TPSA) is 33.1 Å². The fourth-order valence-corrected chi connectivity index (χ4v) is 6.41. The third kappa shape index (κ3) is 2.93. The first-order chi connectivity index (χ1) is 13.8. The van der Waals surface area contributed by atoms with Crippen LogP contribution in [0.4, 0.5) is 0 Å². The molecule has 2 aromatic rings. The second-order valence-electron chi connectivity index (χ2n) is 9.59. The van der Waals surface area contributed by atoms with E-state index in [1.54, 1.807) is 0 Å². The molecule has 0 radical (unpaired) electrons. The van der Waals surface area contributed by atoms with Gasteiger partial charge in [0.25, 0.3) is 0 Å². The molecule has 0 spiro atoms. The van der Waals surface area contributed by atoms with E-state index in [0.717, 1.165) is 30.8 Å². The summed E-state index contributed by atoms with van der Waals surface area (Å²) in [6.45, 7) is 6.03. The summed E-state index contributed by atoms with van der Waals surface area (Å²) in [4.78, 5) is 7.86. The van der Waals surface area contributed by atoms with Crippen molar-refractivity contribution in [1.29, 1.82) is 0 Å². The summed E-state index contributed by atoms with van der Waals surface area (Å²) in [6.07, 6.45) is 11.6. The summed E-state index contributed by atoms with van der Waals surface area (Å²) >= 11 is 0. The number of benzene rings is 1. The number of rotatable bonds is 4. The van der Waals surface area contributed by atoms with Crippen LogP contribution in [0.3, 0.4) is 0 Å². The van der Waals surface area contributed by atoms with Crippen molar-refractivity contribution in [2.75, 3.05) is 32.7 Å². The maximum absolute atomic E-state index is 5.10. The minimum absolute atomic E-state index is 0.575. The van der Waals surface area contributed by atoms with Crippen LogP contribution in [0.25, 0.3) is 11.0 Å². The van der Waals surface area contributed by atoms with E-state index >= 15 is 0 Å². The zero-order valence-electron chi connectivity index (χ0n) is 16.8. The fraction of sp³-hybridized carbons (Fsp3) is 0.625. The van der Waals surface area contributed by atoms with Gasteiger partial charge in [-0.1, -0.05) is 24.3 Å². The molecule has 148 valence electrons. The number of hydrogen-bond donors (Lipinski definition) is 1. The normalized spacial score (nSPS) is 33.4. The van der Waals surface area contributed by atoms with Gasteiger partial charge < -0.3 is 14.8 Å². The van der Waals surface area contributed by atoms with Crippen molar-refractivity contribution in [3.8, 4) is 0 Å². The monoisotopic (exact) mass is 376 g/mol. The van der Waals surface area contributed by atoms with Crippen molar-refractivity contribution in [3.63, 3.8) is 0 Å². The lowest BCUT2D eigenvalue weighted by Gasteiger charge is -2.36. The minimum atomic E-state index is 0.575. The number of fused-ring (bicyclic) bond motifs is 3. The number of nitrogens with zero attached hydrogens (tertiary/aromatic N) is 3. The number of hydrogen-bond acceptors (Lipinski definition) is 3. The Bertz CT molecular complexity index is 870. The van der Waals surface area contributed by atoms with E-state index in [9.17, 15) is 0 Å². The van der Waals surface area contributed by atoms with Gasteiger partial charge in [0.1, 0.15) is 5.82 Å². The second kappa shape index (κ2) is 7.00. The number of aromatic nitrogens is 2. The van der Waals surface area contributed by atoms with Crippen LogP contribution in [0, 0.1) is 17.8 Å². The van der Waals surface area contributed by atoms with Gasteiger partial charge in [-0.3, -0.25) is 0 Å². The fourth-order valence-electron chi connectivity index (χ4n) is 6.41. The molecule has 2 saturated heterocycles. The zero-order valence-corrected chi connectivity index (χ0v) is 16.8. The lowest BCUT2D eigenvalue weighted by molar-refractivity contribution is 0.154. The van der Waals surface area contributed by atoms with Gasteiger partial charge in [-0.15, -0.1) is 0 Å². The largest absolute Gasteiger partial charge is 0.324 e. The zero-order chi connectivity index (χ0) is 18.5. The number of imidazole rings is 1. The van der Waals surface area contributed by atoms with E-state index in [4.69, 9.17) is 4.98 Å².